The first-order valence-corrected chi connectivity index (χ1v) is 8.74. The molecule has 1 aliphatic rings. The van der Waals surface area contributed by atoms with Crippen molar-refractivity contribution < 1.29 is 9.59 Å². The van der Waals surface area contributed by atoms with Crippen LogP contribution in [-0.2, 0) is 11.3 Å². The number of nitrogens with zero attached hydrogens (tertiary/aromatic N) is 2. The fraction of sp³-hybridized carbons (Fsp3) is 0.278. The second kappa shape index (κ2) is 7.85. The van der Waals surface area contributed by atoms with Crippen LogP contribution in [0.5, 0.6) is 0 Å². The van der Waals surface area contributed by atoms with Gasteiger partial charge in [0.1, 0.15) is 6.04 Å². The maximum atomic E-state index is 12.8. The molecular formula is C18H17Cl2N3O2. The Bertz CT molecular complexity index is 783. The Hall–Kier alpha value is -2.11. The van der Waals surface area contributed by atoms with Crippen LogP contribution in [0.2, 0.25) is 10.0 Å². The molecule has 1 unspecified atom stereocenters. The molecule has 1 aliphatic heterocycles. The minimum Gasteiger partial charge on any atom is -0.350 e. The van der Waals surface area contributed by atoms with Gasteiger partial charge in [-0.2, -0.15) is 0 Å². The van der Waals surface area contributed by atoms with Crippen LogP contribution in [0.4, 0.5) is 0 Å². The van der Waals surface area contributed by atoms with Gasteiger partial charge in [0, 0.05) is 30.5 Å². The first-order valence-electron chi connectivity index (χ1n) is 7.99. The molecule has 1 N–H and O–H groups in total. The first-order chi connectivity index (χ1) is 12.1. The SMILES string of the molecule is O=C(NCc1ccncc1)C1CCCN1C(=O)c1cc(Cl)ccc1Cl. The second-order valence-electron chi connectivity index (χ2n) is 5.85. The number of pyridine rings is 1. The van der Waals surface area contributed by atoms with E-state index in [1.807, 2.05) is 12.1 Å². The van der Waals surface area contributed by atoms with Crippen molar-refractivity contribution in [1.29, 1.82) is 0 Å². The van der Waals surface area contributed by atoms with Crippen molar-refractivity contribution in [3.8, 4) is 0 Å². The molecule has 5 nitrogen and oxygen atoms in total. The van der Waals surface area contributed by atoms with Crippen LogP contribution < -0.4 is 5.32 Å². The van der Waals surface area contributed by atoms with E-state index in [2.05, 4.69) is 10.3 Å². The average Bonchev–Trinajstić information content (AvgIpc) is 3.12. The third kappa shape index (κ3) is 4.11. The summed E-state index contributed by atoms with van der Waals surface area (Å²) in [6, 6.07) is 7.93. The van der Waals surface area contributed by atoms with E-state index in [-0.39, 0.29) is 11.8 Å². The van der Waals surface area contributed by atoms with E-state index >= 15 is 0 Å². The van der Waals surface area contributed by atoms with Gasteiger partial charge >= 0.3 is 0 Å². The maximum absolute atomic E-state index is 12.8. The molecule has 0 aliphatic carbocycles. The average molecular weight is 378 g/mol. The van der Waals surface area contributed by atoms with E-state index in [0.717, 1.165) is 12.0 Å². The molecule has 0 saturated carbocycles. The van der Waals surface area contributed by atoms with Crippen molar-refractivity contribution in [2.75, 3.05) is 6.54 Å². The van der Waals surface area contributed by atoms with Crippen LogP contribution in [0.15, 0.2) is 42.7 Å². The van der Waals surface area contributed by atoms with E-state index < -0.39 is 6.04 Å². The standard InChI is InChI=1S/C18H17Cl2N3O2/c19-13-3-4-15(20)14(10-13)18(25)23-9-1-2-16(23)17(24)22-11-12-5-7-21-8-6-12/h3-8,10,16H,1-2,9,11H2,(H,22,24). The number of benzene rings is 1. The first kappa shape index (κ1) is 17.7. The highest BCUT2D eigenvalue weighted by atomic mass is 35.5. The van der Waals surface area contributed by atoms with Crippen molar-refractivity contribution in [3.05, 3.63) is 63.9 Å². The highest BCUT2D eigenvalue weighted by molar-refractivity contribution is 6.35. The minimum atomic E-state index is -0.496. The fourth-order valence-electron chi connectivity index (χ4n) is 2.91. The van der Waals surface area contributed by atoms with Gasteiger partial charge in [0.05, 0.1) is 10.6 Å². The predicted molar refractivity (Wildman–Crippen MR) is 96.6 cm³/mol. The third-order valence-corrected chi connectivity index (χ3v) is 4.76. The molecule has 1 saturated heterocycles. The number of carbonyl (C=O) groups is 2. The zero-order valence-electron chi connectivity index (χ0n) is 13.4. The molecule has 1 fully saturated rings. The summed E-state index contributed by atoms with van der Waals surface area (Å²) in [5, 5.41) is 3.65. The number of halogens is 2. The van der Waals surface area contributed by atoms with E-state index in [9.17, 15) is 9.59 Å². The molecule has 0 bridgehead atoms. The Kier molecular flexibility index (Phi) is 5.56. The summed E-state index contributed by atoms with van der Waals surface area (Å²) in [4.78, 5) is 30.9. The van der Waals surface area contributed by atoms with Crippen molar-refractivity contribution in [2.45, 2.75) is 25.4 Å². The Morgan fingerprint density at radius 2 is 1.96 bits per heavy atom. The van der Waals surface area contributed by atoms with Crippen molar-refractivity contribution in [3.63, 3.8) is 0 Å². The number of hydrogen-bond acceptors (Lipinski definition) is 3. The van der Waals surface area contributed by atoms with E-state index in [1.165, 1.54) is 6.07 Å². The van der Waals surface area contributed by atoms with Crippen molar-refractivity contribution in [2.24, 2.45) is 0 Å². The Balaban J connectivity index is 1.70. The molecule has 2 amide bonds. The largest absolute Gasteiger partial charge is 0.350 e. The van der Waals surface area contributed by atoms with Gasteiger partial charge in [-0.05, 0) is 48.7 Å². The monoisotopic (exact) mass is 377 g/mol. The van der Waals surface area contributed by atoms with Crippen LogP contribution in [0.1, 0.15) is 28.8 Å². The lowest BCUT2D eigenvalue weighted by molar-refractivity contribution is -0.125. The Labute approximate surface area is 155 Å². The number of hydrogen-bond donors (Lipinski definition) is 1. The van der Waals surface area contributed by atoms with Crippen LogP contribution >= 0.6 is 23.2 Å². The third-order valence-electron chi connectivity index (χ3n) is 4.19. The molecule has 7 heteroatoms. The zero-order chi connectivity index (χ0) is 17.8. The summed E-state index contributed by atoms with van der Waals surface area (Å²) in [6.45, 7) is 0.923. The molecule has 0 radical (unpaired) electrons. The smallest absolute Gasteiger partial charge is 0.256 e. The van der Waals surface area contributed by atoms with Crippen LogP contribution in [0, 0.1) is 0 Å². The molecule has 1 aromatic carbocycles. The van der Waals surface area contributed by atoms with E-state index in [1.54, 1.807) is 29.4 Å². The van der Waals surface area contributed by atoms with Gasteiger partial charge in [-0.25, -0.2) is 0 Å². The minimum absolute atomic E-state index is 0.166. The van der Waals surface area contributed by atoms with Gasteiger partial charge in [0.25, 0.3) is 5.91 Å². The quantitative estimate of drug-likeness (QED) is 0.888. The summed E-state index contributed by atoms with van der Waals surface area (Å²) in [6.07, 6.45) is 4.76. The maximum Gasteiger partial charge on any atom is 0.256 e. The summed E-state index contributed by atoms with van der Waals surface area (Å²) >= 11 is 12.1. The van der Waals surface area contributed by atoms with Gasteiger partial charge < -0.3 is 10.2 Å². The highest BCUT2D eigenvalue weighted by Gasteiger charge is 2.35. The lowest BCUT2D eigenvalue weighted by Gasteiger charge is -2.24. The summed E-state index contributed by atoms with van der Waals surface area (Å²) in [5.41, 5.74) is 1.28. The van der Waals surface area contributed by atoms with Crippen molar-refractivity contribution in [1.82, 2.24) is 15.2 Å². The topological polar surface area (TPSA) is 62.3 Å². The van der Waals surface area contributed by atoms with E-state index in [4.69, 9.17) is 23.2 Å². The highest BCUT2D eigenvalue weighted by Crippen LogP contribution is 2.26. The number of nitrogens with one attached hydrogen (secondary N) is 1. The van der Waals surface area contributed by atoms with Crippen LogP contribution in [-0.4, -0.2) is 34.3 Å². The van der Waals surface area contributed by atoms with E-state index in [0.29, 0.717) is 35.1 Å². The summed E-state index contributed by atoms with van der Waals surface area (Å²) < 4.78 is 0. The number of aromatic nitrogens is 1. The normalized spacial score (nSPS) is 16.7. The molecule has 2 aromatic rings. The number of carbonyl (C=O) groups excluding carboxylic acids is 2. The molecule has 1 atom stereocenters. The summed E-state index contributed by atoms with van der Waals surface area (Å²) in [7, 11) is 0. The van der Waals surface area contributed by atoms with Crippen molar-refractivity contribution >= 4 is 35.0 Å². The molecule has 25 heavy (non-hydrogen) atoms. The Morgan fingerprint density at radius 1 is 1.20 bits per heavy atom. The predicted octanol–water partition coefficient (Wildman–Crippen LogP) is 3.31. The van der Waals surface area contributed by atoms with Gasteiger partial charge in [0.2, 0.25) is 5.91 Å². The lowest BCUT2D eigenvalue weighted by Crippen LogP contribution is -2.45. The van der Waals surface area contributed by atoms with Gasteiger partial charge in [-0.15, -0.1) is 0 Å². The molecule has 1 aromatic heterocycles. The van der Waals surface area contributed by atoms with Crippen LogP contribution in [0.25, 0.3) is 0 Å². The lowest BCUT2D eigenvalue weighted by atomic mass is 10.1. The van der Waals surface area contributed by atoms with Gasteiger partial charge in [0.15, 0.2) is 0 Å². The fourth-order valence-corrected chi connectivity index (χ4v) is 3.28. The Morgan fingerprint density at radius 3 is 2.72 bits per heavy atom. The summed E-state index contributed by atoms with van der Waals surface area (Å²) in [5.74, 6) is -0.435. The van der Waals surface area contributed by atoms with Crippen LogP contribution in [0.3, 0.4) is 0 Å². The number of amides is 2. The number of rotatable bonds is 4. The van der Waals surface area contributed by atoms with Gasteiger partial charge in [-0.3, -0.25) is 14.6 Å². The molecule has 0 spiro atoms. The molecule has 2 heterocycles. The zero-order valence-corrected chi connectivity index (χ0v) is 14.9. The second-order valence-corrected chi connectivity index (χ2v) is 6.70. The molecular weight excluding hydrogens is 361 g/mol. The molecule has 3 rings (SSSR count). The van der Waals surface area contributed by atoms with Gasteiger partial charge in [-0.1, -0.05) is 23.2 Å². The molecule has 130 valence electrons. The number of likely N-dealkylation sites (tertiary alicyclic amines) is 1.